The summed E-state index contributed by atoms with van der Waals surface area (Å²) in [5.41, 5.74) is 0.796. The maximum Gasteiger partial charge on any atom is 0.342 e. The molecular formula is C24H26Cl2N2O7S. The van der Waals surface area contributed by atoms with Crippen molar-refractivity contribution >= 4 is 50.8 Å². The molecule has 0 spiro atoms. The second-order valence-corrected chi connectivity index (χ2v) is 11.2. The van der Waals surface area contributed by atoms with Gasteiger partial charge >= 0.3 is 5.97 Å². The van der Waals surface area contributed by atoms with Gasteiger partial charge in [0, 0.05) is 28.2 Å². The summed E-state index contributed by atoms with van der Waals surface area (Å²) in [6, 6.07) is 10.9. The van der Waals surface area contributed by atoms with E-state index in [1.165, 1.54) is 11.0 Å². The largest absolute Gasteiger partial charge is 0.488 e. The van der Waals surface area contributed by atoms with E-state index in [1.54, 1.807) is 43.3 Å². The molecule has 3 rings (SSSR count). The Morgan fingerprint density at radius 3 is 2.56 bits per heavy atom. The second kappa shape index (κ2) is 12.4. The van der Waals surface area contributed by atoms with Crippen molar-refractivity contribution in [3.05, 3.63) is 63.6 Å². The van der Waals surface area contributed by atoms with E-state index in [4.69, 9.17) is 32.7 Å². The number of rotatable bonds is 10. The lowest BCUT2D eigenvalue weighted by atomic mass is 10.2. The molecule has 1 saturated heterocycles. The predicted octanol–water partition coefficient (Wildman–Crippen LogP) is 2.88. The molecule has 194 valence electrons. The van der Waals surface area contributed by atoms with Crippen molar-refractivity contribution in [2.75, 3.05) is 31.2 Å². The number of likely N-dealkylation sites (N-methyl/N-ethyl adjacent to an activating group) is 1. The predicted molar refractivity (Wildman–Crippen MR) is 135 cm³/mol. The summed E-state index contributed by atoms with van der Waals surface area (Å²) in [6.07, 6.45) is 0.345. The van der Waals surface area contributed by atoms with Gasteiger partial charge in [0.1, 0.15) is 17.9 Å². The van der Waals surface area contributed by atoms with E-state index >= 15 is 0 Å². The SMILES string of the molecule is CCN(CC(=O)N[C@H]1CCS(=O)(=O)C1)C(=O)COC(=O)c1ccccc1OCc1ccc(Cl)cc1Cl. The fraction of sp³-hybridized carbons (Fsp3) is 0.375. The zero-order valence-corrected chi connectivity index (χ0v) is 21.9. The Morgan fingerprint density at radius 2 is 1.89 bits per heavy atom. The van der Waals surface area contributed by atoms with Crippen LogP contribution in [0.2, 0.25) is 10.0 Å². The van der Waals surface area contributed by atoms with Gasteiger partial charge in [0.15, 0.2) is 16.4 Å². The lowest BCUT2D eigenvalue weighted by molar-refractivity contribution is -0.138. The highest BCUT2D eigenvalue weighted by atomic mass is 35.5. The molecule has 2 aromatic carbocycles. The first kappa shape index (κ1) is 27.8. The molecule has 1 heterocycles. The normalized spacial score (nSPS) is 16.2. The van der Waals surface area contributed by atoms with Crippen molar-refractivity contribution in [1.82, 2.24) is 10.2 Å². The molecule has 0 aromatic heterocycles. The number of sulfone groups is 1. The van der Waals surface area contributed by atoms with Crippen LogP contribution in [0, 0.1) is 0 Å². The summed E-state index contributed by atoms with van der Waals surface area (Å²) in [5, 5.41) is 3.54. The maximum atomic E-state index is 12.7. The highest BCUT2D eigenvalue weighted by Gasteiger charge is 2.29. The Bertz CT molecular complexity index is 1240. The standard InChI is InChI=1S/C24H26Cl2N2O7S/c1-2-28(12-22(29)27-18-9-10-36(32,33)15-18)23(30)14-35-24(31)19-5-3-4-6-21(19)34-13-16-7-8-17(25)11-20(16)26/h3-8,11,18H,2,9-10,12-15H2,1H3,(H,27,29)/t18-/m0/s1. The van der Waals surface area contributed by atoms with E-state index in [-0.39, 0.29) is 42.5 Å². The quantitative estimate of drug-likeness (QED) is 0.447. The van der Waals surface area contributed by atoms with Crippen LogP contribution in [0.25, 0.3) is 0 Å². The Hall–Kier alpha value is -2.82. The van der Waals surface area contributed by atoms with E-state index in [2.05, 4.69) is 5.32 Å². The average molecular weight is 557 g/mol. The van der Waals surface area contributed by atoms with Crippen LogP contribution < -0.4 is 10.1 Å². The first-order valence-corrected chi connectivity index (χ1v) is 13.8. The smallest absolute Gasteiger partial charge is 0.342 e. The van der Waals surface area contributed by atoms with Crippen LogP contribution in [0.15, 0.2) is 42.5 Å². The summed E-state index contributed by atoms with van der Waals surface area (Å²) < 4.78 is 34.0. The zero-order chi connectivity index (χ0) is 26.3. The number of benzene rings is 2. The molecule has 0 bridgehead atoms. The number of amides is 2. The lowest BCUT2D eigenvalue weighted by Crippen LogP contribution is -2.45. The van der Waals surface area contributed by atoms with Crippen molar-refractivity contribution in [3.63, 3.8) is 0 Å². The first-order chi connectivity index (χ1) is 17.1. The lowest BCUT2D eigenvalue weighted by Gasteiger charge is -2.21. The van der Waals surface area contributed by atoms with Crippen LogP contribution in [0.5, 0.6) is 5.75 Å². The molecule has 0 saturated carbocycles. The summed E-state index contributed by atoms with van der Waals surface area (Å²) in [5.74, 6) is -1.63. The van der Waals surface area contributed by atoms with Crippen LogP contribution in [-0.2, 0) is 30.8 Å². The number of carbonyl (C=O) groups is 3. The van der Waals surface area contributed by atoms with Crippen molar-refractivity contribution < 1.29 is 32.3 Å². The van der Waals surface area contributed by atoms with Crippen LogP contribution in [0.1, 0.15) is 29.3 Å². The molecule has 1 N–H and O–H groups in total. The number of para-hydroxylation sites is 1. The highest BCUT2D eigenvalue weighted by molar-refractivity contribution is 7.91. The molecule has 36 heavy (non-hydrogen) atoms. The third-order valence-electron chi connectivity index (χ3n) is 5.50. The minimum atomic E-state index is -3.14. The molecular weight excluding hydrogens is 531 g/mol. The number of ether oxygens (including phenoxy) is 2. The van der Waals surface area contributed by atoms with Gasteiger partial charge in [-0.2, -0.15) is 0 Å². The number of hydrogen-bond donors (Lipinski definition) is 1. The Balaban J connectivity index is 1.53. The fourth-order valence-corrected chi connectivity index (χ4v) is 5.72. The van der Waals surface area contributed by atoms with Gasteiger partial charge < -0.3 is 19.7 Å². The van der Waals surface area contributed by atoms with E-state index in [9.17, 15) is 22.8 Å². The average Bonchev–Trinajstić information content (AvgIpc) is 3.18. The van der Waals surface area contributed by atoms with Gasteiger partial charge in [0.25, 0.3) is 5.91 Å². The van der Waals surface area contributed by atoms with E-state index in [0.717, 1.165) is 0 Å². The zero-order valence-electron chi connectivity index (χ0n) is 19.5. The van der Waals surface area contributed by atoms with Gasteiger partial charge in [-0.25, -0.2) is 13.2 Å². The number of nitrogens with one attached hydrogen (secondary N) is 1. The van der Waals surface area contributed by atoms with Gasteiger partial charge in [-0.15, -0.1) is 0 Å². The topological polar surface area (TPSA) is 119 Å². The molecule has 2 aromatic rings. The second-order valence-electron chi connectivity index (χ2n) is 8.17. The molecule has 12 heteroatoms. The molecule has 0 radical (unpaired) electrons. The minimum Gasteiger partial charge on any atom is -0.488 e. The van der Waals surface area contributed by atoms with Gasteiger partial charge in [0.05, 0.1) is 18.1 Å². The molecule has 1 aliphatic rings. The molecule has 9 nitrogen and oxygen atoms in total. The fourth-order valence-electron chi connectivity index (χ4n) is 3.58. The first-order valence-electron chi connectivity index (χ1n) is 11.2. The van der Waals surface area contributed by atoms with Crippen LogP contribution in [-0.4, -0.2) is 68.3 Å². The Labute approximate surface area is 219 Å². The Morgan fingerprint density at radius 1 is 1.14 bits per heavy atom. The van der Waals surface area contributed by atoms with Gasteiger partial charge in [0.2, 0.25) is 5.91 Å². The number of esters is 1. The van der Waals surface area contributed by atoms with Crippen molar-refractivity contribution in [3.8, 4) is 5.75 Å². The monoisotopic (exact) mass is 556 g/mol. The van der Waals surface area contributed by atoms with Crippen LogP contribution >= 0.6 is 23.2 Å². The van der Waals surface area contributed by atoms with Gasteiger partial charge in [-0.3, -0.25) is 9.59 Å². The molecule has 2 amide bonds. The molecule has 1 atom stereocenters. The van der Waals surface area contributed by atoms with E-state index in [1.807, 2.05) is 0 Å². The third-order valence-corrected chi connectivity index (χ3v) is 7.85. The summed E-state index contributed by atoms with van der Waals surface area (Å²) in [4.78, 5) is 38.7. The maximum absolute atomic E-state index is 12.7. The van der Waals surface area contributed by atoms with E-state index < -0.39 is 40.3 Å². The molecule has 1 aliphatic heterocycles. The van der Waals surface area contributed by atoms with Crippen LogP contribution in [0.3, 0.4) is 0 Å². The molecule has 0 aliphatic carbocycles. The number of hydrogen-bond acceptors (Lipinski definition) is 7. The highest BCUT2D eigenvalue weighted by Crippen LogP contribution is 2.25. The van der Waals surface area contributed by atoms with Gasteiger partial charge in [-0.1, -0.05) is 41.4 Å². The van der Waals surface area contributed by atoms with Crippen molar-refractivity contribution in [1.29, 1.82) is 0 Å². The van der Waals surface area contributed by atoms with Crippen molar-refractivity contribution in [2.24, 2.45) is 0 Å². The third kappa shape index (κ3) is 7.84. The van der Waals surface area contributed by atoms with Gasteiger partial charge in [-0.05, 0) is 37.6 Å². The summed E-state index contributed by atoms with van der Waals surface area (Å²) >= 11 is 12.1. The summed E-state index contributed by atoms with van der Waals surface area (Å²) in [7, 11) is -3.14. The van der Waals surface area contributed by atoms with Crippen LogP contribution in [0.4, 0.5) is 0 Å². The molecule has 1 fully saturated rings. The number of halogens is 2. The number of carbonyl (C=O) groups excluding carboxylic acids is 3. The van der Waals surface area contributed by atoms with E-state index in [0.29, 0.717) is 22.0 Å². The van der Waals surface area contributed by atoms with Crippen molar-refractivity contribution in [2.45, 2.75) is 26.0 Å². The number of nitrogens with zero attached hydrogens (tertiary/aromatic N) is 1. The Kier molecular flexibility index (Phi) is 9.58. The summed E-state index contributed by atoms with van der Waals surface area (Å²) in [6.45, 7) is 1.12. The minimum absolute atomic E-state index is 0.0300. The molecule has 0 unspecified atom stereocenters.